The van der Waals surface area contributed by atoms with Crippen LogP contribution in [0.4, 0.5) is 4.39 Å². The van der Waals surface area contributed by atoms with Gasteiger partial charge in [0.2, 0.25) is 0 Å². The molecular weight excluding hydrogens is 297 g/mol. The third-order valence-electron chi connectivity index (χ3n) is 3.15. The summed E-state index contributed by atoms with van der Waals surface area (Å²) in [6.07, 6.45) is 0. The molecule has 0 bridgehead atoms. The zero-order valence-electron chi connectivity index (χ0n) is 13.3. The second-order valence-electron chi connectivity index (χ2n) is 4.84. The molecule has 122 valence electrons. The van der Waals surface area contributed by atoms with E-state index in [2.05, 4.69) is 5.32 Å². The summed E-state index contributed by atoms with van der Waals surface area (Å²) < 4.78 is 24.2. The number of ether oxygens (including phenoxy) is 2. The normalized spacial score (nSPS) is 10.2. The van der Waals surface area contributed by atoms with Crippen molar-refractivity contribution < 1.29 is 18.7 Å². The molecule has 0 saturated heterocycles. The largest absolute Gasteiger partial charge is 0.490 e. The van der Waals surface area contributed by atoms with Gasteiger partial charge in [0.1, 0.15) is 5.82 Å². The van der Waals surface area contributed by atoms with Crippen LogP contribution in [0.2, 0.25) is 0 Å². The number of carbonyl (C=O) groups is 1. The Hall–Kier alpha value is -2.56. The van der Waals surface area contributed by atoms with Crippen molar-refractivity contribution in [3.8, 4) is 11.5 Å². The van der Waals surface area contributed by atoms with Crippen LogP contribution in [0.25, 0.3) is 0 Å². The van der Waals surface area contributed by atoms with Crippen LogP contribution >= 0.6 is 0 Å². The first-order valence-electron chi connectivity index (χ1n) is 7.56. The van der Waals surface area contributed by atoms with Gasteiger partial charge in [0.05, 0.1) is 13.2 Å². The molecule has 1 N–H and O–H groups in total. The van der Waals surface area contributed by atoms with Gasteiger partial charge >= 0.3 is 0 Å². The first kappa shape index (κ1) is 16.8. The Labute approximate surface area is 135 Å². The summed E-state index contributed by atoms with van der Waals surface area (Å²) in [6.45, 7) is 5.20. The van der Waals surface area contributed by atoms with Gasteiger partial charge in [-0.15, -0.1) is 0 Å². The molecular formula is C18H20FNO3. The van der Waals surface area contributed by atoms with E-state index in [1.807, 2.05) is 32.0 Å². The average Bonchev–Trinajstić information content (AvgIpc) is 2.55. The molecule has 5 heteroatoms. The molecule has 4 nitrogen and oxygen atoms in total. The van der Waals surface area contributed by atoms with Crippen molar-refractivity contribution in [2.24, 2.45) is 0 Å². The zero-order valence-corrected chi connectivity index (χ0v) is 13.3. The molecule has 0 aromatic heterocycles. The number of carbonyl (C=O) groups excluding carboxylic acids is 1. The van der Waals surface area contributed by atoms with Crippen LogP contribution < -0.4 is 14.8 Å². The Morgan fingerprint density at radius 3 is 2.48 bits per heavy atom. The van der Waals surface area contributed by atoms with Gasteiger partial charge in [-0.3, -0.25) is 4.79 Å². The van der Waals surface area contributed by atoms with Crippen LogP contribution in [-0.2, 0) is 6.54 Å². The Morgan fingerprint density at radius 2 is 1.78 bits per heavy atom. The van der Waals surface area contributed by atoms with Crippen molar-refractivity contribution in [3.05, 3.63) is 59.4 Å². The molecule has 0 atom stereocenters. The number of halogens is 1. The minimum atomic E-state index is -0.433. The molecule has 2 rings (SSSR count). The topological polar surface area (TPSA) is 47.6 Å². The standard InChI is InChI=1S/C18H20FNO3/c1-3-22-16-9-8-13(10-17(16)23-4-2)12-20-18(21)14-6-5-7-15(19)11-14/h5-11H,3-4,12H2,1-2H3,(H,20,21). The summed E-state index contributed by atoms with van der Waals surface area (Å²) in [6, 6.07) is 11.1. The summed E-state index contributed by atoms with van der Waals surface area (Å²) in [5.74, 6) is 0.565. The smallest absolute Gasteiger partial charge is 0.251 e. The maximum Gasteiger partial charge on any atom is 0.251 e. The third kappa shape index (κ3) is 4.71. The predicted molar refractivity (Wildman–Crippen MR) is 86.4 cm³/mol. The van der Waals surface area contributed by atoms with Crippen LogP contribution in [0, 0.1) is 5.82 Å². The monoisotopic (exact) mass is 317 g/mol. The van der Waals surface area contributed by atoms with Crippen molar-refractivity contribution in [2.75, 3.05) is 13.2 Å². The highest BCUT2D eigenvalue weighted by Crippen LogP contribution is 2.28. The summed E-state index contributed by atoms with van der Waals surface area (Å²) in [5, 5.41) is 2.76. The van der Waals surface area contributed by atoms with E-state index in [0.29, 0.717) is 36.8 Å². The summed E-state index contributed by atoms with van der Waals surface area (Å²) in [5.41, 5.74) is 1.17. The maximum absolute atomic E-state index is 13.1. The van der Waals surface area contributed by atoms with E-state index in [0.717, 1.165) is 5.56 Å². The second-order valence-corrected chi connectivity index (χ2v) is 4.84. The molecule has 0 saturated carbocycles. The van der Waals surface area contributed by atoms with Crippen LogP contribution in [0.15, 0.2) is 42.5 Å². The van der Waals surface area contributed by atoms with Gasteiger partial charge in [0, 0.05) is 12.1 Å². The molecule has 1 amide bonds. The number of nitrogens with one attached hydrogen (secondary N) is 1. The number of benzene rings is 2. The first-order chi connectivity index (χ1) is 11.1. The fourth-order valence-electron chi connectivity index (χ4n) is 2.12. The minimum absolute atomic E-state index is 0.293. The van der Waals surface area contributed by atoms with Crippen molar-refractivity contribution in [1.29, 1.82) is 0 Å². The molecule has 0 aliphatic heterocycles. The van der Waals surface area contributed by atoms with Gasteiger partial charge in [0.15, 0.2) is 11.5 Å². The fraction of sp³-hybridized carbons (Fsp3) is 0.278. The summed E-state index contributed by atoms with van der Waals surface area (Å²) in [4.78, 5) is 12.0. The van der Waals surface area contributed by atoms with Crippen molar-refractivity contribution >= 4 is 5.91 Å². The fourth-order valence-corrected chi connectivity index (χ4v) is 2.12. The number of hydrogen-bond acceptors (Lipinski definition) is 3. The Bertz CT molecular complexity index is 673. The average molecular weight is 317 g/mol. The molecule has 2 aromatic rings. The van der Waals surface area contributed by atoms with Crippen LogP contribution in [-0.4, -0.2) is 19.1 Å². The minimum Gasteiger partial charge on any atom is -0.490 e. The van der Waals surface area contributed by atoms with E-state index < -0.39 is 5.82 Å². The quantitative estimate of drug-likeness (QED) is 0.849. The Morgan fingerprint density at radius 1 is 1.04 bits per heavy atom. The molecule has 0 unspecified atom stereocenters. The molecule has 0 fully saturated rings. The van der Waals surface area contributed by atoms with Crippen molar-refractivity contribution in [1.82, 2.24) is 5.32 Å². The van der Waals surface area contributed by atoms with E-state index in [1.54, 1.807) is 6.07 Å². The second kappa shape index (κ2) is 8.17. The lowest BCUT2D eigenvalue weighted by atomic mass is 10.1. The molecule has 2 aromatic carbocycles. The highest BCUT2D eigenvalue weighted by atomic mass is 19.1. The lowest BCUT2D eigenvalue weighted by Crippen LogP contribution is -2.22. The number of amides is 1. The van der Waals surface area contributed by atoms with E-state index >= 15 is 0 Å². The van der Waals surface area contributed by atoms with Gasteiger partial charge < -0.3 is 14.8 Å². The SMILES string of the molecule is CCOc1ccc(CNC(=O)c2cccc(F)c2)cc1OCC. The highest BCUT2D eigenvalue weighted by molar-refractivity contribution is 5.94. The van der Waals surface area contributed by atoms with E-state index in [9.17, 15) is 9.18 Å². The van der Waals surface area contributed by atoms with Gasteiger partial charge in [-0.05, 0) is 49.7 Å². The lowest BCUT2D eigenvalue weighted by Gasteiger charge is -2.13. The van der Waals surface area contributed by atoms with E-state index in [-0.39, 0.29) is 5.91 Å². The Balaban J connectivity index is 2.05. The van der Waals surface area contributed by atoms with Gasteiger partial charge in [-0.25, -0.2) is 4.39 Å². The Kier molecular flexibility index (Phi) is 5.97. The maximum atomic E-state index is 13.1. The van der Waals surface area contributed by atoms with Gasteiger partial charge in [-0.1, -0.05) is 12.1 Å². The molecule has 0 radical (unpaired) electrons. The predicted octanol–water partition coefficient (Wildman–Crippen LogP) is 3.55. The summed E-state index contributed by atoms with van der Waals surface area (Å²) in [7, 11) is 0. The highest BCUT2D eigenvalue weighted by Gasteiger charge is 2.09. The molecule has 0 heterocycles. The molecule has 0 aliphatic rings. The number of rotatable bonds is 7. The van der Waals surface area contributed by atoms with Gasteiger partial charge in [0.25, 0.3) is 5.91 Å². The first-order valence-corrected chi connectivity index (χ1v) is 7.56. The number of hydrogen-bond donors (Lipinski definition) is 1. The summed E-state index contributed by atoms with van der Waals surface area (Å²) >= 11 is 0. The van der Waals surface area contributed by atoms with Gasteiger partial charge in [-0.2, -0.15) is 0 Å². The lowest BCUT2D eigenvalue weighted by molar-refractivity contribution is 0.0950. The van der Waals surface area contributed by atoms with Crippen molar-refractivity contribution in [3.63, 3.8) is 0 Å². The molecule has 0 spiro atoms. The molecule has 0 aliphatic carbocycles. The van der Waals surface area contributed by atoms with E-state index in [1.165, 1.54) is 18.2 Å². The van der Waals surface area contributed by atoms with Crippen molar-refractivity contribution in [2.45, 2.75) is 20.4 Å². The molecule has 23 heavy (non-hydrogen) atoms. The van der Waals surface area contributed by atoms with Crippen LogP contribution in [0.5, 0.6) is 11.5 Å². The zero-order chi connectivity index (χ0) is 16.7. The van der Waals surface area contributed by atoms with Crippen LogP contribution in [0.3, 0.4) is 0 Å². The van der Waals surface area contributed by atoms with Crippen LogP contribution in [0.1, 0.15) is 29.8 Å². The third-order valence-corrected chi connectivity index (χ3v) is 3.15. The van der Waals surface area contributed by atoms with E-state index in [4.69, 9.17) is 9.47 Å².